The van der Waals surface area contributed by atoms with E-state index < -0.39 is 0 Å². The topological polar surface area (TPSA) is 44.4 Å². The van der Waals surface area contributed by atoms with Gasteiger partial charge in [-0.15, -0.1) is 0 Å². The highest BCUT2D eigenvalue weighted by atomic mass is 16.2. The molecule has 0 fully saturated rings. The Hall–Kier alpha value is -2.33. The first-order chi connectivity index (χ1) is 10.1. The molecule has 0 saturated heterocycles. The Labute approximate surface area is 125 Å². The van der Waals surface area contributed by atoms with Gasteiger partial charge in [0.05, 0.1) is 0 Å². The molecule has 0 aromatic heterocycles. The van der Waals surface area contributed by atoms with Crippen LogP contribution in [0.15, 0.2) is 48.5 Å². The predicted octanol–water partition coefficient (Wildman–Crippen LogP) is 2.94. The number of carbonyl (C=O) groups is 1. The summed E-state index contributed by atoms with van der Waals surface area (Å²) in [5.74, 6) is 0. The average molecular weight is 283 g/mol. The first kappa shape index (κ1) is 15.1. The van der Waals surface area contributed by atoms with Crippen molar-refractivity contribution >= 4 is 6.03 Å². The van der Waals surface area contributed by atoms with Crippen LogP contribution in [0.3, 0.4) is 0 Å². The normalized spacial score (nSPS) is 10.5. The monoisotopic (exact) mass is 283 g/mol. The summed E-state index contributed by atoms with van der Waals surface area (Å²) in [5.41, 5.74) is 7.28. The molecule has 0 aliphatic rings. The van der Waals surface area contributed by atoms with Crippen LogP contribution in [0.5, 0.6) is 0 Å². The quantitative estimate of drug-likeness (QED) is 0.847. The molecule has 110 valence electrons. The molecule has 0 heterocycles. The second kappa shape index (κ2) is 6.90. The van der Waals surface area contributed by atoms with Crippen molar-refractivity contribution in [2.45, 2.75) is 13.5 Å². The molecule has 21 heavy (non-hydrogen) atoms. The maximum atomic E-state index is 11.6. The number of aryl methyl sites for hydroxylation is 1. The van der Waals surface area contributed by atoms with E-state index in [4.69, 9.17) is 0 Å². The van der Waals surface area contributed by atoms with Crippen LogP contribution >= 0.6 is 0 Å². The Balaban J connectivity index is 2.11. The number of urea groups is 1. The van der Waals surface area contributed by atoms with Gasteiger partial charge in [-0.3, -0.25) is 5.43 Å². The second-order valence-corrected chi connectivity index (χ2v) is 5.20. The molecule has 0 spiro atoms. The minimum absolute atomic E-state index is 0.204. The van der Waals surface area contributed by atoms with Gasteiger partial charge in [0.2, 0.25) is 0 Å². The van der Waals surface area contributed by atoms with Gasteiger partial charge >= 0.3 is 6.03 Å². The number of hydrazine groups is 1. The summed E-state index contributed by atoms with van der Waals surface area (Å²) in [6.45, 7) is 2.56. The van der Waals surface area contributed by atoms with Crippen LogP contribution in [0.25, 0.3) is 11.1 Å². The molecular weight excluding hydrogens is 262 g/mol. The molecule has 0 atom stereocenters. The zero-order chi connectivity index (χ0) is 15.2. The van der Waals surface area contributed by atoms with Crippen LogP contribution < -0.4 is 10.7 Å². The standard InChI is InChI=1S/C17H21N3O/c1-13-9-10-15(14-7-5-4-6-8-14)11-16(13)12-18-17(21)19-20(2)3/h4-11H,12H2,1-3H3,(H2,18,19,21). The Bertz CT molecular complexity index is 609. The molecule has 2 amide bonds. The molecule has 2 aromatic carbocycles. The third kappa shape index (κ3) is 4.33. The van der Waals surface area contributed by atoms with Gasteiger partial charge in [-0.2, -0.15) is 0 Å². The van der Waals surface area contributed by atoms with E-state index in [1.54, 1.807) is 19.1 Å². The summed E-state index contributed by atoms with van der Waals surface area (Å²) in [7, 11) is 3.56. The lowest BCUT2D eigenvalue weighted by molar-refractivity contribution is 0.212. The largest absolute Gasteiger partial charge is 0.333 e. The number of carbonyl (C=O) groups excluding carboxylic acids is 1. The number of nitrogens with zero attached hydrogens (tertiary/aromatic N) is 1. The summed E-state index contributed by atoms with van der Waals surface area (Å²) in [6.07, 6.45) is 0. The maximum Gasteiger partial charge on any atom is 0.329 e. The smallest absolute Gasteiger partial charge is 0.329 e. The van der Waals surface area contributed by atoms with Crippen molar-refractivity contribution in [2.75, 3.05) is 14.1 Å². The van der Waals surface area contributed by atoms with E-state index in [2.05, 4.69) is 48.0 Å². The second-order valence-electron chi connectivity index (χ2n) is 5.20. The highest BCUT2D eigenvalue weighted by Gasteiger charge is 2.05. The van der Waals surface area contributed by atoms with E-state index in [1.807, 2.05) is 18.2 Å². The molecule has 0 unspecified atom stereocenters. The third-order valence-electron chi connectivity index (χ3n) is 3.22. The van der Waals surface area contributed by atoms with Gasteiger partial charge in [0.15, 0.2) is 0 Å². The van der Waals surface area contributed by atoms with Crippen LogP contribution in [0.2, 0.25) is 0 Å². The van der Waals surface area contributed by atoms with E-state index in [9.17, 15) is 4.79 Å². The number of hydrogen-bond donors (Lipinski definition) is 2. The lowest BCUT2D eigenvalue weighted by Crippen LogP contribution is -2.43. The van der Waals surface area contributed by atoms with E-state index in [-0.39, 0.29) is 6.03 Å². The Morgan fingerprint density at radius 3 is 2.43 bits per heavy atom. The van der Waals surface area contributed by atoms with Gasteiger partial charge < -0.3 is 5.32 Å². The minimum Gasteiger partial charge on any atom is -0.333 e. The molecule has 2 N–H and O–H groups in total. The highest BCUT2D eigenvalue weighted by molar-refractivity contribution is 5.73. The average Bonchev–Trinajstić information content (AvgIpc) is 2.46. The van der Waals surface area contributed by atoms with E-state index in [1.165, 1.54) is 11.1 Å². The van der Waals surface area contributed by atoms with Crippen molar-refractivity contribution in [2.24, 2.45) is 0 Å². The fourth-order valence-corrected chi connectivity index (χ4v) is 2.09. The van der Waals surface area contributed by atoms with Crippen LogP contribution in [0.1, 0.15) is 11.1 Å². The van der Waals surface area contributed by atoms with Gasteiger partial charge in [-0.1, -0.05) is 42.5 Å². The first-order valence-electron chi connectivity index (χ1n) is 6.93. The molecular formula is C17H21N3O. The zero-order valence-corrected chi connectivity index (χ0v) is 12.7. The van der Waals surface area contributed by atoms with E-state index in [0.29, 0.717) is 6.54 Å². The number of amides is 2. The fraction of sp³-hybridized carbons (Fsp3) is 0.235. The van der Waals surface area contributed by atoms with Crippen LogP contribution in [-0.2, 0) is 6.54 Å². The fourth-order valence-electron chi connectivity index (χ4n) is 2.09. The molecule has 0 saturated carbocycles. The number of nitrogens with one attached hydrogen (secondary N) is 2. The van der Waals surface area contributed by atoms with Crippen LogP contribution in [-0.4, -0.2) is 25.1 Å². The van der Waals surface area contributed by atoms with Crippen molar-refractivity contribution in [3.8, 4) is 11.1 Å². The van der Waals surface area contributed by atoms with E-state index >= 15 is 0 Å². The van der Waals surface area contributed by atoms with Crippen molar-refractivity contribution in [1.29, 1.82) is 0 Å². The SMILES string of the molecule is Cc1ccc(-c2ccccc2)cc1CNC(=O)NN(C)C. The highest BCUT2D eigenvalue weighted by Crippen LogP contribution is 2.22. The molecule has 0 aliphatic heterocycles. The zero-order valence-electron chi connectivity index (χ0n) is 12.7. The van der Waals surface area contributed by atoms with Crippen molar-refractivity contribution in [1.82, 2.24) is 15.8 Å². The molecule has 0 aliphatic carbocycles. The first-order valence-corrected chi connectivity index (χ1v) is 6.93. The van der Waals surface area contributed by atoms with Crippen molar-refractivity contribution < 1.29 is 4.79 Å². The molecule has 4 heteroatoms. The molecule has 0 bridgehead atoms. The number of rotatable bonds is 4. The Morgan fingerprint density at radius 2 is 1.76 bits per heavy atom. The lowest BCUT2D eigenvalue weighted by atomic mass is 10.00. The maximum absolute atomic E-state index is 11.6. The summed E-state index contributed by atoms with van der Waals surface area (Å²) in [5, 5.41) is 4.47. The summed E-state index contributed by atoms with van der Waals surface area (Å²) >= 11 is 0. The summed E-state index contributed by atoms with van der Waals surface area (Å²) < 4.78 is 0. The van der Waals surface area contributed by atoms with E-state index in [0.717, 1.165) is 11.1 Å². The van der Waals surface area contributed by atoms with Crippen molar-refractivity contribution in [3.05, 3.63) is 59.7 Å². The third-order valence-corrected chi connectivity index (χ3v) is 3.22. The van der Waals surface area contributed by atoms with Gasteiger partial charge in [-0.05, 0) is 35.2 Å². The number of hydrogen-bond acceptors (Lipinski definition) is 2. The van der Waals surface area contributed by atoms with Crippen molar-refractivity contribution in [3.63, 3.8) is 0 Å². The van der Waals surface area contributed by atoms with Crippen LogP contribution in [0, 0.1) is 6.92 Å². The summed E-state index contributed by atoms with van der Waals surface area (Å²) in [4.78, 5) is 11.6. The van der Waals surface area contributed by atoms with Gasteiger partial charge in [0.1, 0.15) is 0 Å². The predicted molar refractivity (Wildman–Crippen MR) is 85.7 cm³/mol. The Morgan fingerprint density at radius 1 is 1.05 bits per heavy atom. The van der Waals surface area contributed by atoms with Gasteiger partial charge in [-0.25, -0.2) is 9.80 Å². The number of benzene rings is 2. The minimum atomic E-state index is -0.204. The lowest BCUT2D eigenvalue weighted by Gasteiger charge is -2.14. The molecule has 2 aromatic rings. The Kier molecular flexibility index (Phi) is 4.95. The van der Waals surface area contributed by atoms with Gasteiger partial charge in [0, 0.05) is 20.6 Å². The molecule has 4 nitrogen and oxygen atoms in total. The summed E-state index contributed by atoms with van der Waals surface area (Å²) in [6, 6.07) is 16.3. The molecule has 0 radical (unpaired) electrons. The van der Waals surface area contributed by atoms with Gasteiger partial charge in [0.25, 0.3) is 0 Å². The van der Waals surface area contributed by atoms with Crippen LogP contribution in [0.4, 0.5) is 4.79 Å². The molecule has 2 rings (SSSR count).